The molecule has 2 aliphatic heterocycles. The number of nitrogens with zero attached hydrogens (tertiary/aromatic N) is 2. The number of piperazine rings is 2. The van der Waals surface area contributed by atoms with E-state index in [4.69, 9.17) is 4.74 Å². The van der Waals surface area contributed by atoms with Crippen molar-refractivity contribution in [3.63, 3.8) is 0 Å². The maximum atomic E-state index is 12.1. The van der Waals surface area contributed by atoms with Gasteiger partial charge in [-0.15, -0.1) is 0 Å². The number of hydrogen-bond acceptors (Lipinski definition) is 4. The second kappa shape index (κ2) is 4.92. The van der Waals surface area contributed by atoms with E-state index in [-0.39, 0.29) is 11.9 Å². The Morgan fingerprint density at radius 3 is 3.13 bits per heavy atom. The van der Waals surface area contributed by atoms with Crippen molar-refractivity contribution < 1.29 is 9.53 Å². The third kappa shape index (κ3) is 2.30. The van der Waals surface area contributed by atoms with E-state index in [0.29, 0.717) is 6.61 Å². The monoisotopic (exact) mass is 213 g/mol. The summed E-state index contributed by atoms with van der Waals surface area (Å²) in [5, 5.41) is 3.27. The van der Waals surface area contributed by atoms with Crippen molar-refractivity contribution in [1.29, 1.82) is 0 Å². The van der Waals surface area contributed by atoms with Crippen LogP contribution in [0.3, 0.4) is 0 Å². The molecule has 2 rings (SSSR count). The highest BCUT2D eigenvalue weighted by Gasteiger charge is 2.35. The van der Waals surface area contributed by atoms with Crippen molar-refractivity contribution in [3.05, 3.63) is 0 Å². The number of nitrogens with one attached hydrogen (secondary N) is 1. The molecule has 1 atom stereocenters. The van der Waals surface area contributed by atoms with Gasteiger partial charge in [0.2, 0.25) is 5.91 Å². The van der Waals surface area contributed by atoms with Gasteiger partial charge in [-0.2, -0.15) is 0 Å². The predicted octanol–water partition coefficient (Wildman–Crippen LogP) is -1.25. The quantitative estimate of drug-likeness (QED) is 0.636. The Labute approximate surface area is 90.4 Å². The first-order valence-corrected chi connectivity index (χ1v) is 5.55. The molecule has 2 heterocycles. The molecule has 0 spiro atoms. The van der Waals surface area contributed by atoms with Crippen LogP contribution in [-0.4, -0.2) is 74.7 Å². The highest BCUT2D eigenvalue weighted by Crippen LogP contribution is 2.12. The molecule has 1 amide bonds. The minimum Gasteiger partial charge on any atom is -0.383 e. The van der Waals surface area contributed by atoms with Crippen molar-refractivity contribution in [2.45, 2.75) is 6.04 Å². The molecule has 86 valence electrons. The van der Waals surface area contributed by atoms with Crippen molar-refractivity contribution in [2.75, 3.05) is 53.0 Å². The normalized spacial score (nSPS) is 27.9. The fourth-order valence-corrected chi connectivity index (χ4v) is 2.25. The lowest BCUT2D eigenvalue weighted by atomic mass is 10.1. The van der Waals surface area contributed by atoms with Gasteiger partial charge in [-0.3, -0.25) is 9.69 Å². The third-order valence-corrected chi connectivity index (χ3v) is 3.17. The van der Waals surface area contributed by atoms with Gasteiger partial charge < -0.3 is 15.0 Å². The molecule has 0 aromatic carbocycles. The maximum absolute atomic E-state index is 12.1. The van der Waals surface area contributed by atoms with Crippen molar-refractivity contribution in [1.82, 2.24) is 15.1 Å². The Hall–Kier alpha value is -0.650. The van der Waals surface area contributed by atoms with E-state index >= 15 is 0 Å². The Bertz CT molecular complexity index is 235. The first kappa shape index (κ1) is 10.9. The Balaban J connectivity index is 1.92. The van der Waals surface area contributed by atoms with Gasteiger partial charge in [-0.05, 0) is 0 Å². The predicted molar refractivity (Wildman–Crippen MR) is 56.7 cm³/mol. The summed E-state index contributed by atoms with van der Waals surface area (Å²) in [6.45, 7) is 5.99. The summed E-state index contributed by atoms with van der Waals surface area (Å²) < 4.78 is 5.01. The minimum absolute atomic E-state index is 0.0596. The molecule has 2 fully saturated rings. The van der Waals surface area contributed by atoms with Gasteiger partial charge in [0, 0.05) is 46.4 Å². The standard InChI is InChI=1S/C10H19N3O2/c1-15-7-6-13-5-4-12-3-2-11-8-9(12)10(13)14/h9,11H,2-8H2,1H3. The molecule has 5 nitrogen and oxygen atoms in total. The van der Waals surface area contributed by atoms with Crippen LogP contribution in [-0.2, 0) is 9.53 Å². The molecule has 2 aliphatic rings. The molecule has 15 heavy (non-hydrogen) atoms. The summed E-state index contributed by atoms with van der Waals surface area (Å²) >= 11 is 0. The van der Waals surface area contributed by atoms with Crippen molar-refractivity contribution >= 4 is 5.91 Å². The van der Waals surface area contributed by atoms with Gasteiger partial charge in [0.05, 0.1) is 6.61 Å². The van der Waals surface area contributed by atoms with Crippen LogP contribution in [0.5, 0.6) is 0 Å². The lowest BCUT2D eigenvalue weighted by Crippen LogP contribution is -2.64. The highest BCUT2D eigenvalue weighted by atomic mass is 16.5. The maximum Gasteiger partial charge on any atom is 0.241 e. The summed E-state index contributed by atoms with van der Waals surface area (Å²) in [6, 6.07) is 0.0596. The fraction of sp³-hybridized carbons (Fsp3) is 0.900. The third-order valence-electron chi connectivity index (χ3n) is 3.17. The summed E-state index contributed by atoms with van der Waals surface area (Å²) in [7, 11) is 1.67. The SMILES string of the molecule is COCCN1CCN2CCNCC2C1=O. The zero-order chi connectivity index (χ0) is 10.7. The molecule has 0 aromatic rings. The van der Waals surface area contributed by atoms with Crippen LogP contribution in [0.1, 0.15) is 0 Å². The van der Waals surface area contributed by atoms with Crippen molar-refractivity contribution in [3.8, 4) is 0 Å². The minimum atomic E-state index is 0.0596. The van der Waals surface area contributed by atoms with E-state index < -0.39 is 0 Å². The molecule has 1 N–H and O–H groups in total. The summed E-state index contributed by atoms with van der Waals surface area (Å²) in [6.07, 6.45) is 0. The molecule has 0 aromatic heterocycles. The Kier molecular flexibility index (Phi) is 3.56. The van der Waals surface area contributed by atoms with Gasteiger partial charge in [-0.25, -0.2) is 0 Å². The average Bonchev–Trinajstić information content (AvgIpc) is 2.29. The molecule has 0 radical (unpaired) electrons. The van der Waals surface area contributed by atoms with E-state index in [1.165, 1.54) is 0 Å². The number of carbonyl (C=O) groups is 1. The van der Waals surface area contributed by atoms with Gasteiger partial charge in [0.1, 0.15) is 6.04 Å². The van der Waals surface area contributed by atoms with E-state index in [1.54, 1.807) is 7.11 Å². The molecular weight excluding hydrogens is 194 g/mol. The second-order valence-electron chi connectivity index (χ2n) is 4.07. The number of carbonyl (C=O) groups excluding carboxylic acids is 1. The smallest absolute Gasteiger partial charge is 0.241 e. The number of hydrogen-bond donors (Lipinski definition) is 1. The van der Waals surface area contributed by atoms with Crippen LogP contribution in [0.15, 0.2) is 0 Å². The van der Waals surface area contributed by atoms with E-state index in [9.17, 15) is 4.79 Å². The number of amides is 1. The van der Waals surface area contributed by atoms with E-state index in [0.717, 1.165) is 39.3 Å². The van der Waals surface area contributed by atoms with Gasteiger partial charge in [0.25, 0.3) is 0 Å². The first-order valence-electron chi connectivity index (χ1n) is 5.55. The summed E-state index contributed by atoms with van der Waals surface area (Å²) in [5.74, 6) is 0.255. The molecule has 0 aliphatic carbocycles. The zero-order valence-corrected chi connectivity index (χ0v) is 9.24. The van der Waals surface area contributed by atoms with E-state index in [2.05, 4.69) is 10.2 Å². The van der Waals surface area contributed by atoms with E-state index in [1.807, 2.05) is 4.90 Å². The lowest BCUT2D eigenvalue weighted by Gasteiger charge is -2.43. The van der Waals surface area contributed by atoms with Crippen LogP contribution in [0, 0.1) is 0 Å². The number of rotatable bonds is 3. The molecule has 1 unspecified atom stereocenters. The Morgan fingerprint density at radius 1 is 1.47 bits per heavy atom. The molecule has 0 bridgehead atoms. The van der Waals surface area contributed by atoms with Crippen LogP contribution in [0.4, 0.5) is 0 Å². The van der Waals surface area contributed by atoms with Gasteiger partial charge >= 0.3 is 0 Å². The Morgan fingerprint density at radius 2 is 2.33 bits per heavy atom. The van der Waals surface area contributed by atoms with Crippen LogP contribution in [0.2, 0.25) is 0 Å². The van der Waals surface area contributed by atoms with Crippen LogP contribution in [0.25, 0.3) is 0 Å². The zero-order valence-electron chi connectivity index (χ0n) is 9.24. The summed E-state index contributed by atoms with van der Waals surface area (Å²) in [5.41, 5.74) is 0. The average molecular weight is 213 g/mol. The topological polar surface area (TPSA) is 44.8 Å². The summed E-state index contributed by atoms with van der Waals surface area (Å²) in [4.78, 5) is 16.2. The molecule has 5 heteroatoms. The number of ether oxygens (including phenoxy) is 1. The van der Waals surface area contributed by atoms with Gasteiger partial charge in [-0.1, -0.05) is 0 Å². The second-order valence-corrected chi connectivity index (χ2v) is 4.07. The van der Waals surface area contributed by atoms with Gasteiger partial charge in [0.15, 0.2) is 0 Å². The fourth-order valence-electron chi connectivity index (χ4n) is 2.25. The van der Waals surface area contributed by atoms with Crippen LogP contribution >= 0.6 is 0 Å². The van der Waals surface area contributed by atoms with Crippen LogP contribution < -0.4 is 5.32 Å². The number of fused-ring (bicyclic) bond motifs is 1. The number of methoxy groups -OCH3 is 1. The highest BCUT2D eigenvalue weighted by molar-refractivity contribution is 5.83. The molecule has 2 saturated heterocycles. The molecule has 0 saturated carbocycles. The molecular formula is C10H19N3O2. The van der Waals surface area contributed by atoms with Crippen molar-refractivity contribution in [2.24, 2.45) is 0 Å². The lowest BCUT2D eigenvalue weighted by molar-refractivity contribution is -0.143. The largest absolute Gasteiger partial charge is 0.383 e. The first-order chi connectivity index (χ1) is 7.33.